The zero-order valence-electron chi connectivity index (χ0n) is 17.2. The zero-order chi connectivity index (χ0) is 21.1. The maximum atomic E-state index is 12.6. The third-order valence-corrected chi connectivity index (χ3v) is 5.84. The van der Waals surface area contributed by atoms with Crippen molar-refractivity contribution in [2.24, 2.45) is 0 Å². The molecule has 0 atom stereocenters. The lowest BCUT2D eigenvalue weighted by Gasteiger charge is -2.18. The van der Waals surface area contributed by atoms with Crippen LogP contribution in [0.15, 0.2) is 53.7 Å². The van der Waals surface area contributed by atoms with E-state index in [1.165, 1.54) is 11.8 Å². The molecule has 154 valence electrons. The summed E-state index contributed by atoms with van der Waals surface area (Å²) in [5.74, 6) is 1.01. The van der Waals surface area contributed by atoms with Gasteiger partial charge in [-0.2, -0.15) is 0 Å². The lowest BCUT2D eigenvalue weighted by Crippen LogP contribution is -2.28. The van der Waals surface area contributed by atoms with Gasteiger partial charge >= 0.3 is 0 Å². The van der Waals surface area contributed by atoms with Gasteiger partial charge in [-0.1, -0.05) is 48.2 Å². The molecule has 0 radical (unpaired) electrons. The van der Waals surface area contributed by atoms with Crippen molar-refractivity contribution in [2.75, 3.05) is 19.9 Å². The Morgan fingerprint density at radius 3 is 2.70 bits per heavy atom. The van der Waals surface area contributed by atoms with E-state index >= 15 is 0 Å². The molecule has 0 aliphatic heterocycles. The topological polar surface area (TPSA) is 73.1 Å². The lowest BCUT2D eigenvalue weighted by molar-refractivity contribution is -0.127. The Kier molecular flexibility index (Phi) is 5.85. The number of benzene rings is 2. The van der Waals surface area contributed by atoms with Crippen LogP contribution in [0.5, 0.6) is 5.75 Å². The summed E-state index contributed by atoms with van der Waals surface area (Å²) in [5, 5.41) is 10.2. The number of nitrogens with zero attached hydrogens (tertiary/aromatic N) is 5. The number of fused-ring (bicyclic) bond motifs is 3. The number of ether oxygens (including phenoxy) is 1. The first kappa shape index (κ1) is 20.2. The predicted octanol–water partition coefficient (Wildman–Crippen LogP) is 3.76. The van der Waals surface area contributed by atoms with Crippen molar-refractivity contribution < 1.29 is 9.53 Å². The van der Waals surface area contributed by atoms with Gasteiger partial charge in [0.1, 0.15) is 11.3 Å². The van der Waals surface area contributed by atoms with Crippen molar-refractivity contribution >= 4 is 39.7 Å². The number of carbonyl (C=O) groups excluding carboxylic acids is 1. The van der Waals surface area contributed by atoms with Crippen LogP contribution < -0.4 is 4.74 Å². The van der Waals surface area contributed by atoms with Crippen LogP contribution in [0.1, 0.15) is 12.5 Å². The van der Waals surface area contributed by atoms with E-state index in [1.807, 2.05) is 42.5 Å². The molecule has 4 aromatic rings. The minimum atomic E-state index is -0.00867. The molecule has 4 rings (SSSR count). The van der Waals surface area contributed by atoms with Crippen LogP contribution in [0, 0.1) is 0 Å². The largest absolute Gasteiger partial charge is 0.496 e. The Bertz CT molecular complexity index is 1210. The van der Waals surface area contributed by atoms with E-state index in [1.54, 1.807) is 19.1 Å². The van der Waals surface area contributed by atoms with Crippen LogP contribution in [0.2, 0.25) is 0 Å². The summed E-state index contributed by atoms with van der Waals surface area (Å²) < 4.78 is 7.49. The zero-order valence-corrected chi connectivity index (χ0v) is 18.0. The van der Waals surface area contributed by atoms with Gasteiger partial charge in [0.25, 0.3) is 0 Å². The number of aromatic nitrogens is 4. The highest BCUT2D eigenvalue weighted by Gasteiger charge is 2.16. The van der Waals surface area contributed by atoms with Gasteiger partial charge in [-0.25, -0.2) is 4.98 Å². The molecule has 0 aliphatic carbocycles. The highest BCUT2D eigenvalue weighted by Crippen LogP contribution is 2.27. The summed E-state index contributed by atoms with van der Waals surface area (Å²) in [6.45, 7) is 3.34. The number of hydrogen-bond donors (Lipinski definition) is 0. The van der Waals surface area contributed by atoms with Gasteiger partial charge in [0.2, 0.25) is 11.1 Å². The fraction of sp³-hybridized carbons (Fsp3) is 0.273. The van der Waals surface area contributed by atoms with Crippen LogP contribution in [-0.4, -0.2) is 50.5 Å². The Balaban J connectivity index is 1.49. The second-order valence-corrected chi connectivity index (χ2v) is 7.82. The minimum absolute atomic E-state index is 0.00867. The van der Waals surface area contributed by atoms with Gasteiger partial charge in [-0.05, 0) is 19.1 Å². The third kappa shape index (κ3) is 3.82. The summed E-state index contributed by atoms with van der Waals surface area (Å²) in [6, 6.07) is 15.8. The first-order valence-corrected chi connectivity index (χ1v) is 10.7. The number of thioether (sulfide) groups is 1. The summed E-state index contributed by atoms with van der Waals surface area (Å²) in [6.07, 6.45) is 0. The molecule has 0 spiro atoms. The second kappa shape index (κ2) is 8.71. The summed E-state index contributed by atoms with van der Waals surface area (Å²) >= 11 is 1.30. The van der Waals surface area contributed by atoms with Crippen molar-refractivity contribution in [1.29, 1.82) is 0 Å². The van der Waals surface area contributed by atoms with Crippen LogP contribution in [-0.2, 0) is 17.9 Å². The summed E-state index contributed by atoms with van der Waals surface area (Å²) in [7, 11) is 3.42. The summed E-state index contributed by atoms with van der Waals surface area (Å²) in [5.41, 5.74) is 3.64. The van der Waals surface area contributed by atoms with E-state index in [2.05, 4.69) is 32.7 Å². The molecule has 0 saturated heterocycles. The highest BCUT2D eigenvalue weighted by atomic mass is 32.2. The van der Waals surface area contributed by atoms with Gasteiger partial charge in [0, 0.05) is 31.1 Å². The average molecular weight is 422 g/mol. The lowest BCUT2D eigenvalue weighted by atomic mass is 10.2. The number of carbonyl (C=O) groups is 1. The van der Waals surface area contributed by atoms with Crippen LogP contribution in [0.25, 0.3) is 22.1 Å². The highest BCUT2D eigenvalue weighted by molar-refractivity contribution is 7.99. The normalized spacial score (nSPS) is 11.2. The Morgan fingerprint density at radius 2 is 1.90 bits per heavy atom. The summed E-state index contributed by atoms with van der Waals surface area (Å²) in [4.78, 5) is 19.0. The maximum Gasteiger partial charge on any atom is 0.233 e. The molecule has 0 aliphatic rings. The molecule has 2 aromatic heterocycles. The van der Waals surface area contributed by atoms with Crippen molar-refractivity contribution in [3.8, 4) is 5.75 Å². The van der Waals surface area contributed by atoms with E-state index < -0.39 is 0 Å². The number of aryl methyl sites for hydroxylation is 1. The molecular weight excluding hydrogens is 398 g/mol. The fourth-order valence-electron chi connectivity index (χ4n) is 3.48. The first-order chi connectivity index (χ1) is 14.6. The smallest absolute Gasteiger partial charge is 0.233 e. The Morgan fingerprint density at radius 1 is 1.13 bits per heavy atom. The van der Waals surface area contributed by atoms with Gasteiger partial charge in [0.05, 0.1) is 18.4 Å². The van der Waals surface area contributed by atoms with Crippen LogP contribution >= 0.6 is 11.8 Å². The standard InChI is InChI=1S/C22H23N5O2S/c1-4-27-17-11-7-6-10-16(17)20-21(27)23-22(25-24-20)30-14-19(28)26(2)13-15-9-5-8-12-18(15)29-3/h5-12H,4,13-14H2,1-3H3. The van der Waals surface area contributed by atoms with Gasteiger partial charge in [-0.3, -0.25) is 4.79 Å². The van der Waals surface area contributed by atoms with Crippen molar-refractivity contribution in [2.45, 2.75) is 25.2 Å². The Labute approximate surface area is 179 Å². The average Bonchev–Trinajstić information content (AvgIpc) is 3.10. The molecule has 0 bridgehead atoms. The van der Waals surface area contributed by atoms with Crippen molar-refractivity contribution in [3.05, 3.63) is 54.1 Å². The van der Waals surface area contributed by atoms with Gasteiger partial charge < -0.3 is 14.2 Å². The molecule has 2 aromatic carbocycles. The van der Waals surface area contributed by atoms with E-state index in [0.29, 0.717) is 11.7 Å². The molecule has 7 nitrogen and oxygen atoms in total. The minimum Gasteiger partial charge on any atom is -0.496 e. The van der Waals surface area contributed by atoms with E-state index in [0.717, 1.165) is 39.9 Å². The number of para-hydroxylation sites is 2. The maximum absolute atomic E-state index is 12.6. The molecule has 0 saturated carbocycles. The van der Waals surface area contributed by atoms with Crippen LogP contribution in [0.4, 0.5) is 0 Å². The number of methoxy groups -OCH3 is 1. The second-order valence-electron chi connectivity index (χ2n) is 6.88. The SMILES string of the molecule is CCn1c2ccccc2c2nnc(SCC(=O)N(C)Cc3ccccc3OC)nc21. The molecule has 1 amide bonds. The van der Waals surface area contributed by atoms with E-state index in [4.69, 9.17) is 4.74 Å². The van der Waals surface area contributed by atoms with Gasteiger partial charge in [0.15, 0.2) is 5.65 Å². The van der Waals surface area contributed by atoms with Crippen LogP contribution in [0.3, 0.4) is 0 Å². The molecule has 0 unspecified atom stereocenters. The van der Waals surface area contributed by atoms with E-state index in [9.17, 15) is 4.79 Å². The monoisotopic (exact) mass is 421 g/mol. The van der Waals surface area contributed by atoms with E-state index in [-0.39, 0.29) is 11.7 Å². The molecule has 8 heteroatoms. The predicted molar refractivity (Wildman–Crippen MR) is 119 cm³/mol. The molecule has 0 N–H and O–H groups in total. The van der Waals surface area contributed by atoms with Crippen molar-refractivity contribution in [1.82, 2.24) is 24.6 Å². The third-order valence-electron chi connectivity index (χ3n) is 5.02. The van der Waals surface area contributed by atoms with Gasteiger partial charge in [-0.15, -0.1) is 10.2 Å². The molecular formula is C22H23N5O2S. The quantitative estimate of drug-likeness (QED) is 0.423. The van der Waals surface area contributed by atoms with Crippen molar-refractivity contribution in [3.63, 3.8) is 0 Å². The Hall–Kier alpha value is -3.13. The number of rotatable bonds is 7. The number of hydrogen-bond acceptors (Lipinski definition) is 6. The first-order valence-electron chi connectivity index (χ1n) is 9.72. The fourth-order valence-corrected chi connectivity index (χ4v) is 4.21. The molecule has 0 fully saturated rings. The molecule has 2 heterocycles. The number of amides is 1. The molecule has 30 heavy (non-hydrogen) atoms.